The first kappa shape index (κ1) is 12.1. The lowest BCUT2D eigenvalue weighted by atomic mass is 10.3. The summed E-state index contributed by atoms with van der Waals surface area (Å²) in [5.74, 6) is 3.22. The van der Waals surface area contributed by atoms with Gasteiger partial charge in [0, 0.05) is 12.8 Å². The van der Waals surface area contributed by atoms with Crippen LogP contribution in [0.3, 0.4) is 0 Å². The number of hydrogen-bond acceptors (Lipinski definition) is 3. The molecule has 4 heteroatoms. The van der Waals surface area contributed by atoms with Gasteiger partial charge in [-0.25, -0.2) is 0 Å². The first-order chi connectivity index (χ1) is 6.66. The normalized spacial score (nSPS) is 7.93. The van der Waals surface area contributed by atoms with Crippen molar-refractivity contribution in [1.29, 1.82) is 0 Å². The van der Waals surface area contributed by atoms with Crippen molar-refractivity contribution in [2.24, 2.45) is 0 Å². The molecule has 0 bridgehead atoms. The van der Waals surface area contributed by atoms with Crippen LogP contribution in [0.4, 0.5) is 0 Å². The minimum atomic E-state index is -1.04. The lowest BCUT2D eigenvalue weighted by Crippen LogP contribution is -2.04. The van der Waals surface area contributed by atoms with Gasteiger partial charge in [0.2, 0.25) is 0 Å². The summed E-state index contributed by atoms with van der Waals surface area (Å²) in [7, 11) is 0. The fourth-order valence-corrected chi connectivity index (χ4v) is 0.539. The molecule has 0 atom stereocenters. The number of carboxylic acid groups (broad SMARTS) is 1. The van der Waals surface area contributed by atoms with Gasteiger partial charge in [0.05, 0.1) is 12.8 Å². The zero-order chi connectivity index (χ0) is 10.8. The van der Waals surface area contributed by atoms with Crippen molar-refractivity contribution in [3.05, 3.63) is 0 Å². The van der Waals surface area contributed by atoms with Crippen molar-refractivity contribution >= 4 is 11.9 Å². The average Bonchev–Trinajstić information content (AvgIpc) is 2.14. The van der Waals surface area contributed by atoms with Crippen molar-refractivity contribution in [2.75, 3.05) is 0 Å². The number of unbranched alkanes of at least 4 members (excludes halogenated alkanes) is 1. The Morgan fingerprint density at radius 2 is 2.00 bits per heavy atom. The van der Waals surface area contributed by atoms with Crippen LogP contribution in [0, 0.1) is 24.4 Å². The molecule has 0 fully saturated rings. The van der Waals surface area contributed by atoms with Gasteiger partial charge in [-0.1, -0.05) is 5.92 Å². The van der Waals surface area contributed by atoms with Crippen molar-refractivity contribution < 1.29 is 19.4 Å². The van der Waals surface area contributed by atoms with Gasteiger partial charge in [0.25, 0.3) is 0 Å². The molecule has 0 aromatic heterocycles. The van der Waals surface area contributed by atoms with Crippen LogP contribution in [0.2, 0.25) is 0 Å². The highest BCUT2D eigenvalue weighted by Gasteiger charge is 2.04. The molecular formula is C10H10O4. The largest absolute Gasteiger partial charge is 0.481 e. The molecule has 0 heterocycles. The summed E-state index contributed by atoms with van der Waals surface area (Å²) >= 11 is 0. The van der Waals surface area contributed by atoms with E-state index in [0.717, 1.165) is 0 Å². The van der Waals surface area contributed by atoms with Gasteiger partial charge >= 0.3 is 11.9 Å². The van der Waals surface area contributed by atoms with Crippen LogP contribution in [0.25, 0.3) is 0 Å². The van der Waals surface area contributed by atoms with Crippen LogP contribution < -0.4 is 0 Å². The molecule has 0 aliphatic heterocycles. The Hall–Kier alpha value is -1.94. The monoisotopic (exact) mass is 194 g/mol. The maximum absolute atomic E-state index is 10.8. The van der Waals surface area contributed by atoms with E-state index in [9.17, 15) is 9.59 Å². The molecule has 1 N–H and O–H groups in total. The van der Waals surface area contributed by atoms with E-state index < -0.39 is 11.9 Å². The Morgan fingerprint density at radius 1 is 1.29 bits per heavy atom. The maximum atomic E-state index is 10.8. The molecule has 0 aromatic rings. The molecule has 0 amide bonds. The van der Waals surface area contributed by atoms with Gasteiger partial charge in [0.15, 0.2) is 0 Å². The standard InChI is InChI=1S/C10H10O4/c1-2-3-4-5-8-14-10(13)7-6-9(11)12/h1H,3-4,6-7H2,(H,11,12). The van der Waals surface area contributed by atoms with Crippen molar-refractivity contribution in [1.82, 2.24) is 0 Å². The topological polar surface area (TPSA) is 63.6 Å². The van der Waals surface area contributed by atoms with E-state index in [1.54, 1.807) is 0 Å². The van der Waals surface area contributed by atoms with Crippen LogP contribution in [0.15, 0.2) is 0 Å². The summed E-state index contributed by atoms with van der Waals surface area (Å²) in [5.41, 5.74) is 0. The van der Waals surface area contributed by atoms with E-state index >= 15 is 0 Å². The Balaban J connectivity index is 3.57. The first-order valence-corrected chi connectivity index (χ1v) is 3.99. The minimum Gasteiger partial charge on any atom is -0.481 e. The van der Waals surface area contributed by atoms with E-state index in [2.05, 4.69) is 22.7 Å². The minimum absolute atomic E-state index is 0.168. The predicted molar refractivity (Wildman–Crippen MR) is 48.8 cm³/mol. The van der Waals surface area contributed by atoms with Crippen molar-refractivity contribution in [3.8, 4) is 24.4 Å². The fraction of sp³-hybridized carbons (Fsp3) is 0.400. The molecule has 0 aromatic carbocycles. The fourth-order valence-electron chi connectivity index (χ4n) is 0.539. The van der Waals surface area contributed by atoms with Crippen LogP contribution in [-0.4, -0.2) is 17.0 Å². The molecule has 4 nitrogen and oxygen atoms in total. The summed E-state index contributed by atoms with van der Waals surface area (Å²) in [6.45, 7) is 0. The van der Waals surface area contributed by atoms with Crippen molar-refractivity contribution in [3.63, 3.8) is 0 Å². The Bertz CT molecular complexity index is 300. The molecule has 0 saturated carbocycles. The zero-order valence-electron chi connectivity index (χ0n) is 7.58. The highest BCUT2D eigenvalue weighted by atomic mass is 16.5. The second kappa shape index (κ2) is 7.70. The number of aliphatic carboxylic acids is 1. The Kier molecular flexibility index (Phi) is 6.63. The molecular weight excluding hydrogens is 184 g/mol. The number of terminal acetylenes is 1. The third-order valence-electron chi connectivity index (χ3n) is 1.17. The molecule has 0 aliphatic carbocycles. The van der Waals surface area contributed by atoms with E-state index in [1.165, 1.54) is 0 Å². The van der Waals surface area contributed by atoms with Gasteiger partial charge in [0.1, 0.15) is 6.11 Å². The van der Waals surface area contributed by atoms with Gasteiger partial charge in [-0.2, -0.15) is 0 Å². The molecule has 0 aliphatic rings. The number of carboxylic acids is 1. The Morgan fingerprint density at radius 3 is 2.57 bits per heavy atom. The van der Waals surface area contributed by atoms with Crippen molar-refractivity contribution in [2.45, 2.75) is 25.7 Å². The number of ether oxygens (including phenoxy) is 1. The molecule has 74 valence electrons. The lowest BCUT2D eigenvalue weighted by molar-refractivity contribution is -0.143. The SMILES string of the molecule is C#CCCC#COC(=O)CCC(=O)O. The van der Waals surface area contributed by atoms with E-state index in [0.29, 0.717) is 12.8 Å². The summed E-state index contributed by atoms with van der Waals surface area (Å²) < 4.78 is 4.41. The number of esters is 1. The van der Waals surface area contributed by atoms with Crippen LogP contribution in [0.1, 0.15) is 25.7 Å². The molecule has 0 radical (unpaired) electrons. The third kappa shape index (κ3) is 8.16. The average molecular weight is 194 g/mol. The smallest absolute Gasteiger partial charge is 0.320 e. The molecule has 0 unspecified atom stereocenters. The number of carbonyl (C=O) groups excluding carboxylic acids is 1. The number of rotatable bonds is 4. The van der Waals surface area contributed by atoms with Gasteiger partial charge in [-0.15, -0.1) is 12.3 Å². The Labute approximate surface area is 82.3 Å². The maximum Gasteiger partial charge on any atom is 0.320 e. The highest BCUT2D eigenvalue weighted by molar-refractivity contribution is 5.77. The van der Waals surface area contributed by atoms with E-state index in [4.69, 9.17) is 11.5 Å². The van der Waals surface area contributed by atoms with Crippen LogP contribution in [-0.2, 0) is 14.3 Å². The second-order valence-corrected chi connectivity index (χ2v) is 2.35. The molecule has 0 spiro atoms. The van der Waals surface area contributed by atoms with E-state index in [-0.39, 0.29) is 12.8 Å². The second-order valence-electron chi connectivity index (χ2n) is 2.35. The van der Waals surface area contributed by atoms with Gasteiger partial charge < -0.3 is 9.84 Å². The lowest BCUT2D eigenvalue weighted by Gasteiger charge is -1.92. The van der Waals surface area contributed by atoms with Crippen LogP contribution >= 0.6 is 0 Å². The first-order valence-electron chi connectivity index (χ1n) is 3.99. The summed E-state index contributed by atoms with van der Waals surface area (Å²) in [6.07, 6.45) is 7.66. The van der Waals surface area contributed by atoms with Gasteiger partial charge in [-0.05, 0) is 0 Å². The third-order valence-corrected chi connectivity index (χ3v) is 1.17. The zero-order valence-corrected chi connectivity index (χ0v) is 7.58. The number of hydrogen-bond donors (Lipinski definition) is 1. The molecule has 14 heavy (non-hydrogen) atoms. The molecule has 0 rings (SSSR count). The van der Waals surface area contributed by atoms with Crippen LogP contribution in [0.5, 0.6) is 0 Å². The molecule has 0 saturated heterocycles. The summed E-state index contributed by atoms with van der Waals surface area (Å²) in [4.78, 5) is 20.8. The highest BCUT2D eigenvalue weighted by Crippen LogP contribution is 1.91. The summed E-state index contributed by atoms with van der Waals surface area (Å²) in [6, 6.07) is 0. The predicted octanol–water partition coefficient (Wildman–Crippen LogP) is 0.769. The van der Waals surface area contributed by atoms with E-state index in [1.807, 2.05) is 0 Å². The van der Waals surface area contributed by atoms with Gasteiger partial charge in [-0.3, -0.25) is 9.59 Å². The quantitative estimate of drug-likeness (QED) is 0.408. The summed E-state index contributed by atoms with van der Waals surface area (Å²) in [5, 5.41) is 8.24. The number of carbonyl (C=O) groups is 2.